The van der Waals surface area contributed by atoms with Crippen molar-refractivity contribution in [3.63, 3.8) is 0 Å². The van der Waals surface area contributed by atoms with Gasteiger partial charge in [-0.2, -0.15) is 0 Å². The van der Waals surface area contributed by atoms with Gasteiger partial charge in [-0.3, -0.25) is 18.6 Å². The van der Waals surface area contributed by atoms with E-state index in [1.165, 1.54) is 89.9 Å². The Morgan fingerprint density at radius 3 is 1.62 bits per heavy atom. The molecule has 0 aliphatic rings. The number of carbonyl (C=O) groups is 2. The fourth-order valence-electron chi connectivity index (χ4n) is 5.58. The number of allylic oxidation sites excluding steroid dienone is 6. The lowest BCUT2D eigenvalue weighted by Crippen LogP contribution is -2.34. The van der Waals surface area contributed by atoms with Crippen molar-refractivity contribution in [2.75, 3.05) is 26.4 Å². The van der Waals surface area contributed by atoms with Crippen LogP contribution in [0.15, 0.2) is 36.5 Å². The lowest BCUT2D eigenvalue weighted by Gasteiger charge is -2.20. The first-order valence-corrected chi connectivity index (χ1v) is 22.5. The van der Waals surface area contributed by atoms with Gasteiger partial charge in [0.15, 0.2) is 0 Å². The molecular formula is C42H78NO9P. The summed E-state index contributed by atoms with van der Waals surface area (Å²) >= 11 is 0. The molecule has 3 atom stereocenters. The highest BCUT2D eigenvalue weighted by molar-refractivity contribution is 7.47. The molecule has 0 saturated carbocycles. The number of phosphoric acid groups is 1. The lowest BCUT2D eigenvalue weighted by atomic mass is 10.1. The summed E-state index contributed by atoms with van der Waals surface area (Å²) in [5.74, 6) is -1.79. The molecule has 0 aliphatic carbocycles. The van der Waals surface area contributed by atoms with Gasteiger partial charge in [-0.15, -0.1) is 0 Å². The largest absolute Gasteiger partial charge is 0.480 e. The third-order valence-electron chi connectivity index (χ3n) is 8.87. The van der Waals surface area contributed by atoms with E-state index in [9.17, 15) is 19.0 Å². The molecule has 0 radical (unpaired) electrons. The van der Waals surface area contributed by atoms with Crippen LogP contribution in [-0.2, 0) is 32.7 Å². The molecule has 0 rings (SSSR count). The van der Waals surface area contributed by atoms with Crippen molar-refractivity contribution < 1.29 is 42.7 Å². The van der Waals surface area contributed by atoms with Crippen LogP contribution in [0.5, 0.6) is 0 Å². The maximum atomic E-state index is 12.6. The van der Waals surface area contributed by atoms with Crippen molar-refractivity contribution in [3.05, 3.63) is 36.5 Å². The molecule has 0 amide bonds. The molecule has 0 fully saturated rings. The Morgan fingerprint density at radius 1 is 0.604 bits per heavy atom. The number of carboxylic acid groups (broad SMARTS) is 1. The van der Waals surface area contributed by atoms with E-state index in [2.05, 4.69) is 50.3 Å². The van der Waals surface area contributed by atoms with E-state index in [-0.39, 0.29) is 13.0 Å². The van der Waals surface area contributed by atoms with Crippen molar-refractivity contribution in [3.8, 4) is 0 Å². The van der Waals surface area contributed by atoms with Gasteiger partial charge in [0.2, 0.25) is 0 Å². The Hall–Kier alpha value is -1.81. The van der Waals surface area contributed by atoms with Gasteiger partial charge in [0.25, 0.3) is 0 Å². The van der Waals surface area contributed by atoms with Crippen LogP contribution in [0.1, 0.15) is 181 Å². The Balaban J connectivity index is 4.25. The number of unbranched alkanes of at least 4 members (excludes halogenated alkanes) is 20. The van der Waals surface area contributed by atoms with E-state index < -0.39 is 45.1 Å². The molecule has 0 heterocycles. The molecule has 53 heavy (non-hydrogen) atoms. The van der Waals surface area contributed by atoms with E-state index in [1.807, 2.05) is 0 Å². The SMILES string of the molecule is CCC/C=C\C/C=C\CCCCCCCC(=O)OC(COCCCCCCCCCC/C=C\CCCCCCCC)COP(=O)(O)OCC(N)C(=O)O. The van der Waals surface area contributed by atoms with Gasteiger partial charge in [0, 0.05) is 13.0 Å². The van der Waals surface area contributed by atoms with Crippen LogP contribution >= 0.6 is 7.82 Å². The zero-order valence-electron chi connectivity index (χ0n) is 33.6. The molecule has 0 aromatic rings. The maximum Gasteiger partial charge on any atom is 0.472 e. The zero-order valence-corrected chi connectivity index (χ0v) is 34.5. The number of phosphoric ester groups is 1. The first kappa shape index (κ1) is 51.2. The van der Waals surface area contributed by atoms with Crippen molar-refractivity contribution in [2.24, 2.45) is 5.73 Å². The van der Waals surface area contributed by atoms with Gasteiger partial charge in [-0.1, -0.05) is 147 Å². The number of carboxylic acids is 1. The number of hydrogen-bond acceptors (Lipinski definition) is 8. The quantitative estimate of drug-likeness (QED) is 0.0237. The van der Waals surface area contributed by atoms with Gasteiger partial charge < -0.3 is 25.2 Å². The van der Waals surface area contributed by atoms with Crippen molar-refractivity contribution in [1.29, 1.82) is 0 Å². The minimum absolute atomic E-state index is 0.00962. The van der Waals surface area contributed by atoms with Crippen LogP contribution < -0.4 is 5.73 Å². The molecule has 0 saturated heterocycles. The third-order valence-corrected chi connectivity index (χ3v) is 9.82. The molecule has 0 bridgehead atoms. The summed E-state index contributed by atoms with van der Waals surface area (Å²) in [6.45, 7) is 3.79. The fraction of sp³-hybridized carbons (Fsp3) is 0.810. The van der Waals surface area contributed by atoms with E-state index >= 15 is 0 Å². The molecule has 0 aromatic heterocycles. The Labute approximate surface area is 323 Å². The summed E-state index contributed by atoms with van der Waals surface area (Å²) in [6, 6.07) is -1.47. The van der Waals surface area contributed by atoms with Crippen LogP contribution in [0.25, 0.3) is 0 Å². The van der Waals surface area contributed by atoms with Crippen LogP contribution in [0.4, 0.5) is 0 Å². The summed E-state index contributed by atoms with van der Waals surface area (Å²) < 4.78 is 33.3. The summed E-state index contributed by atoms with van der Waals surface area (Å²) in [5, 5.41) is 8.88. The molecule has 0 spiro atoms. The number of ether oxygens (including phenoxy) is 2. The Morgan fingerprint density at radius 2 is 1.08 bits per heavy atom. The predicted molar refractivity (Wildman–Crippen MR) is 217 cm³/mol. The van der Waals surface area contributed by atoms with Gasteiger partial charge >= 0.3 is 19.8 Å². The van der Waals surface area contributed by atoms with E-state index in [0.717, 1.165) is 64.2 Å². The van der Waals surface area contributed by atoms with Crippen molar-refractivity contribution in [1.82, 2.24) is 0 Å². The number of carbonyl (C=O) groups excluding carboxylic acids is 1. The van der Waals surface area contributed by atoms with E-state index in [0.29, 0.717) is 13.0 Å². The molecule has 310 valence electrons. The molecule has 11 heteroatoms. The summed E-state index contributed by atoms with van der Waals surface area (Å²) in [7, 11) is -4.62. The fourth-order valence-corrected chi connectivity index (χ4v) is 6.35. The standard InChI is InChI=1S/C42H78NO9P/c1-3-5-7-9-11-13-15-17-18-19-20-21-23-25-27-29-31-33-35-49-36-39(37-50-53(47,48)51-38-40(43)42(45)46)52-41(44)34-32-30-28-26-24-22-16-14-12-10-8-6-4-2/h8,10,14,16-18,39-40H,3-7,9,11-13,15,19-38,43H2,1-2H3,(H,45,46)(H,47,48)/b10-8-,16-14-,18-17-. The van der Waals surface area contributed by atoms with Crippen LogP contribution in [0.3, 0.4) is 0 Å². The Kier molecular flexibility index (Phi) is 37.2. The van der Waals surface area contributed by atoms with Crippen LogP contribution in [0, 0.1) is 0 Å². The topological polar surface area (TPSA) is 155 Å². The molecule has 0 aliphatic heterocycles. The highest BCUT2D eigenvalue weighted by atomic mass is 31.2. The number of aliphatic carboxylic acids is 1. The van der Waals surface area contributed by atoms with Crippen molar-refractivity contribution in [2.45, 2.75) is 193 Å². The molecular weight excluding hydrogens is 693 g/mol. The van der Waals surface area contributed by atoms with E-state index in [1.54, 1.807) is 0 Å². The monoisotopic (exact) mass is 772 g/mol. The Bertz CT molecular complexity index is 988. The summed E-state index contributed by atoms with van der Waals surface area (Å²) in [6.07, 6.45) is 41.9. The highest BCUT2D eigenvalue weighted by Crippen LogP contribution is 2.43. The molecule has 3 unspecified atom stereocenters. The summed E-state index contributed by atoms with van der Waals surface area (Å²) in [5.41, 5.74) is 5.35. The average molecular weight is 772 g/mol. The molecule has 0 aromatic carbocycles. The smallest absolute Gasteiger partial charge is 0.472 e. The van der Waals surface area contributed by atoms with Gasteiger partial charge in [-0.05, 0) is 64.2 Å². The first-order chi connectivity index (χ1) is 25.7. The predicted octanol–water partition coefficient (Wildman–Crippen LogP) is 11.3. The number of hydrogen-bond donors (Lipinski definition) is 3. The normalized spacial score (nSPS) is 14.3. The van der Waals surface area contributed by atoms with Crippen LogP contribution in [0.2, 0.25) is 0 Å². The van der Waals surface area contributed by atoms with Gasteiger partial charge in [0.1, 0.15) is 12.1 Å². The molecule has 10 nitrogen and oxygen atoms in total. The van der Waals surface area contributed by atoms with E-state index in [4.69, 9.17) is 29.4 Å². The second-order valence-electron chi connectivity index (χ2n) is 14.1. The van der Waals surface area contributed by atoms with Gasteiger partial charge in [0.05, 0.1) is 19.8 Å². The third kappa shape index (κ3) is 38.3. The second kappa shape index (κ2) is 38.5. The zero-order chi connectivity index (χ0) is 39.1. The summed E-state index contributed by atoms with van der Waals surface area (Å²) in [4.78, 5) is 33.5. The van der Waals surface area contributed by atoms with Crippen LogP contribution in [-0.4, -0.2) is 60.5 Å². The molecule has 4 N–H and O–H groups in total. The second-order valence-corrected chi connectivity index (χ2v) is 15.6. The number of esters is 1. The van der Waals surface area contributed by atoms with Crippen molar-refractivity contribution >= 4 is 19.8 Å². The minimum Gasteiger partial charge on any atom is -0.480 e. The van der Waals surface area contributed by atoms with Gasteiger partial charge in [-0.25, -0.2) is 4.57 Å². The number of rotatable bonds is 40. The maximum absolute atomic E-state index is 12.6. The average Bonchev–Trinajstić information content (AvgIpc) is 3.13. The first-order valence-electron chi connectivity index (χ1n) is 21.0. The minimum atomic E-state index is -4.62. The number of nitrogens with two attached hydrogens (primary N) is 1. The highest BCUT2D eigenvalue weighted by Gasteiger charge is 2.27. The lowest BCUT2D eigenvalue weighted by molar-refractivity contribution is -0.154.